The second-order valence-corrected chi connectivity index (χ2v) is 7.61. The molecule has 11 heteroatoms. The maximum Gasteiger partial charge on any atom is 0.352 e. The van der Waals surface area contributed by atoms with Gasteiger partial charge in [-0.1, -0.05) is 12.1 Å². The SMILES string of the molecule is CC(=O)OCC1=C(C(=O)O)N2C(=O)[C@@H](NC(=O)C(N)c3ccc(O)cc3)[C@@H]2SC1. The van der Waals surface area contributed by atoms with Crippen LogP contribution in [0.15, 0.2) is 35.5 Å². The Morgan fingerprint density at radius 2 is 2.00 bits per heavy atom. The molecule has 0 aliphatic carbocycles. The van der Waals surface area contributed by atoms with Crippen molar-refractivity contribution in [1.29, 1.82) is 0 Å². The van der Waals surface area contributed by atoms with Crippen LogP contribution in [0.25, 0.3) is 0 Å². The van der Waals surface area contributed by atoms with E-state index in [0.29, 0.717) is 11.1 Å². The van der Waals surface area contributed by atoms with E-state index in [9.17, 15) is 29.4 Å². The topological polar surface area (TPSA) is 159 Å². The molecule has 1 aromatic carbocycles. The highest BCUT2D eigenvalue weighted by molar-refractivity contribution is 8.00. The number of aliphatic carboxylic acids is 1. The zero-order valence-corrected chi connectivity index (χ0v) is 16.1. The maximum absolute atomic E-state index is 12.6. The predicted molar refractivity (Wildman–Crippen MR) is 101 cm³/mol. The van der Waals surface area contributed by atoms with Gasteiger partial charge in [0.05, 0.1) is 0 Å². The Kier molecular flexibility index (Phi) is 5.80. The van der Waals surface area contributed by atoms with E-state index in [1.165, 1.54) is 43.0 Å². The van der Waals surface area contributed by atoms with E-state index in [4.69, 9.17) is 10.5 Å². The average Bonchev–Trinajstić information content (AvgIpc) is 2.69. The smallest absolute Gasteiger partial charge is 0.352 e. The molecule has 0 aromatic heterocycles. The molecule has 154 valence electrons. The number of aromatic hydroxyl groups is 1. The van der Waals surface area contributed by atoms with Crippen molar-refractivity contribution in [1.82, 2.24) is 10.2 Å². The summed E-state index contributed by atoms with van der Waals surface area (Å²) in [7, 11) is 0. The van der Waals surface area contributed by atoms with Crippen molar-refractivity contribution in [2.75, 3.05) is 12.4 Å². The molecule has 29 heavy (non-hydrogen) atoms. The molecule has 2 aliphatic rings. The zero-order valence-electron chi connectivity index (χ0n) is 15.3. The Morgan fingerprint density at radius 1 is 1.34 bits per heavy atom. The number of β-lactam (4-membered cyclic amide) rings is 1. The van der Waals surface area contributed by atoms with Crippen LogP contribution in [0.5, 0.6) is 5.75 Å². The van der Waals surface area contributed by atoms with Crippen LogP contribution >= 0.6 is 11.8 Å². The average molecular weight is 421 g/mol. The van der Waals surface area contributed by atoms with E-state index in [-0.39, 0.29) is 23.8 Å². The lowest BCUT2D eigenvalue weighted by atomic mass is 10.0. The fourth-order valence-corrected chi connectivity index (χ4v) is 4.39. The molecule has 1 fully saturated rings. The number of fused-ring (bicyclic) bond motifs is 1. The number of hydrogen-bond donors (Lipinski definition) is 4. The Balaban J connectivity index is 1.71. The number of carboxylic acids is 1. The number of rotatable bonds is 6. The number of nitrogens with zero attached hydrogens (tertiary/aromatic N) is 1. The normalized spacial score (nSPS) is 21.7. The minimum atomic E-state index is -1.31. The van der Waals surface area contributed by atoms with Crippen molar-refractivity contribution in [3.8, 4) is 5.75 Å². The van der Waals surface area contributed by atoms with Gasteiger partial charge in [-0.05, 0) is 17.7 Å². The highest BCUT2D eigenvalue weighted by Gasteiger charge is 2.54. The first-order valence-corrected chi connectivity index (χ1v) is 9.63. The summed E-state index contributed by atoms with van der Waals surface area (Å²) in [6.07, 6.45) is 0. The molecule has 0 bridgehead atoms. The van der Waals surface area contributed by atoms with Gasteiger partial charge in [0.25, 0.3) is 5.91 Å². The summed E-state index contributed by atoms with van der Waals surface area (Å²) in [6, 6.07) is 3.81. The fourth-order valence-electron chi connectivity index (χ4n) is 3.06. The Bertz CT molecular complexity index is 899. The third-order valence-electron chi connectivity index (χ3n) is 4.53. The number of esters is 1. The van der Waals surface area contributed by atoms with Gasteiger partial charge in [0, 0.05) is 18.2 Å². The van der Waals surface area contributed by atoms with Gasteiger partial charge in [-0.3, -0.25) is 19.3 Å². The molecule has 0 spiro atoms. The second-order valence-electron chi connectivity index (χ2n) is 6.50. The summed E-state index contributed by atoms with van der Waals surface area (Å²) >= 11 is 1.26. The van der Waals surface area contributed by atoms with Crippen LogP contribution in [-0.2, 0) is 23.9 Å². The Hall–Kier alpha value is -3.05. The summed E-state index contributed by atoms with van der Waals surface area (Å²) in [4.78, 5) is 48.8. The third-order valence-corrected chi connectivity index (χ3v) is 5.87. The van der Waals surface area contributed by atoms with Gasteiger partial charge in [-0.15, -0.1) is 11.8 Å². The highest BCUT2D eigenvalue weighted by Crippen LogP contribution is 2.40. The Morgan fingerprint density at radius 3 is 2.59 bits per heavy atom. The number of carbonyl (C=O) groups is 4. The molecule has 2 aliphatic heterocycles. The molecule has 2 amide bonds. The van der Waals surface area contributed by atoms with Gasteiger partial charge in [0.1, 0.15) is 35.5 Å². The molecule has 2 heterocycles. The van der Waals surface area contributed by atoms with Gasteiger partial charge < -0.3 is 26.0 Å². The lowest BCUT2D eigenvalue weighted by Crippen LogP contribution is -2.71. The first-order valence-electron chi connectivity index (χ1n) is 8.59. The van der Waals surface area contributed by atoms with Gasteiger partial charge in [0.15, 0.2) is 0 Å². The predicted octanol–water partition coefficient (Wildman–Crippen LogP) is -0.306. The van der Waals surface area contributed by atoms with Crippen molar-refractivity contribution >= 4 is 35.5 Å². The van der Waals surface area contributed by atoms with Crippen LogP contribution < -0.4 is 11.1 Å². The molecular weight excluding hydrogens is 402 g/mol. The molecule has 1 saturated heterocycles. The molecule has 3 rings (SSSR count). The molecular formula is C18H19N3O7S. The van der Waals surface area contributed by atoms with Crippen LogP contribution in [0.1, 0.15) is 18.5 Å². The van der Waals surface area contributed by atoms with Gasteiger partial charge in [-0.25, -0.2) is 4.79 Å². The lowest BCUT2D eigenvalue weighted by Gasteiger charge is -2.49. The number of thioether (sulfide) groups is 1. The molecule has 10 nitrogen and oxygen atoms in total. The number of phenolic OH excluding ortho intramolecular Hbond substituents is 1. The van der Waals surface area contributed by atoms with Gasteiger partial charge in [-0.2, -0.15) is 0 Å². The molecule has 3 atom stereocenters. The number of hydrogen-bond acceptors (Lipinski definition) is 8. The monoisotopic (exact) mass is 421 g/mol. The summed E-state index contributed by atoms with van der Waals surface area (Å²) in [5.41, 5.74) is 6.46. The van der Waals surface area contributed by atoms with Crippen molar-refractivity contribution in [3.63, 3.8) is 0 Å². The Labute approximate surface area is 169 Å². The number of nitrogens with one attached hydrogen (secondary N) is 1. The van der Waals surface area contributed by atoms with Crippen molar-refractivity contribution in [3.05, 3.63) is 41.1 Å². The molecule has 5 N–H and O–H groups in total. The van der Waals surface area contributed by atoms with Crippen LogP contribution in [0.4, 0.5) is 0 Å². The van der Waals surface area contributed by atoms with Crippen molar-refractivity contribution < 1.29 is 34.1 Å². The summed E-state index contributed by atoms with van der Waals surface area (Å²) in [5.74, 6) is -2.77. The maximum atomic E-state index is 12.6. The van der Waals surface area contributed by atoms with E-state index in [1.807, 2.05) is 0 Å². The molecule has 1 aromatic rings. The van der Waals surface area contributed by atoms with Crippen LogP contribution in [0, 0.1) is 0 Å². The van der Waals surface area contributed by atoms with Crippen molar-refractivity contribution in [2.24, 2.45) is 5.73 Å². The number of carboxylic acid groups (broad SMARTS) is 1. The standard InChI is InChI=1S/C18H19N3O7S/c1-8(22)28-6-10-7-29-17-13(16(25)21(17)14(10)18(26)27)20-15(24)12(19)9-2-4-11(23)5-3-9/h2-5,12-13,17,23H,6-7,19H2,1H3,(H,20,24)(H,26,27)/t12?,13-,17+/m1/s1. The minimum absolute atomic E-state index is 0.0299. The van der Waals surface area contributed by atoms with E-state index in [2.05, 4.69) is 5.32 Å². The number of amides is 2. The van der Waals surface area contributed by atoms with Crippen LogP contribution in [0.3, 0.4) is 0 Å². The first-order chi connectivity index (χ1) is 13.7. The van der Waals surface area contributed by atoms with Gasteiger partial charge >= 0.3 is 11.9 Å². The molecule has 1 unspecified atom stereocenters. The number of nitrogens with two attached hydrogens (primary N) is 1. The minimum Gasteiger partial charge on any atom is -0.508 e. The van der Waals surface area contributed by atoms with Crippen LogP contribution in [-0.4, -0.2) is 62.6 Å². The number of ether oxygens (including phenoxy) is 1. The summed E-state index contributed by atoms with van der Waals surface area (Å²) < 4.78 is 4.87. The summed E-state index contributed by atoms with van der Waals surface area (Å²) in [5, 5.41) is 20.8. The zero-order chi connectivity index (χ0) is 21.3. The largest absolute Gasteiger partial charge is 0.508 e. The van der Waals surface area contributed by atoms with Gasteiger partial charge in [0.2, 0.25) is 5.91 Å². The van der Waals surface area contributed by atoms with E-state index in [1.54, 1.807) is 0 Å². The second kappa shape index (κ2) is 8.13. The van der Waals surface area contributed by atoms with E-state index < -0.39 is 41.2 Å². The quantitative estimate of drug-likeness (QED) is 0.357. The molecule has 0 radical (unpaired) electrons. The lowest BCUT2D eigenvalue weighted by molar-refractivity contribution is -0.151. The summed E-state index contributed by atoms with van der Waals surface area (Å²) in [6.45, 7) is 0.987. The first kappa shape index (κ1) is 20.7. The number of phenols is 1. The van der Waals surface area contributed by atoms with Crippen LogP contribution in [0.2, 0.25) is 0 Å². The number of carbonyl (C=O) groups excluding carboxylic acids is 3. The fraction of sp³-hybridized carbons (Fsp3) is 0.333. The molecule has 0 saturated carbocycles. The number of benzene rings is 1. The van der Waals surface area contributed by atoms with E-state index >= 15 is 0 Å². The third kappa shape index (κ3) is 4.05. The van der Waals surface area contributed by atoms with Crippen molar-refractivity contribution in [2.45, 2.75) is 24.4 Å². The highest BCUT2D eigenvalue weighted by atomic mass is 32.2. The van der Waals surface area contributed by atoms with E-state index in [0.717, 1.165) is 4.90 Å².